The van der Waals surface area contributed by atoms with Gasteiger partial charge in [-0.25, -0.2) is 0 Å². The molecule has 2 aromatic rings. The maximum absolute atomic E-state index is 12.9. The Morgan fingerprint density at radius 2 is 1.82 bits per heavy atom. The Bertz CT molecular complexity index is 700. The summed E-state index contributed by atoms with van der Waals surface area (Å²) >= 11 is 1.27. The average Bonchev–Trinajstić information content (AvgIpc) is 2.50. The van der Waals surface area contributed by atoms with Crippen LogP contribution in [0.1, 0.15) is 11.1 Å². The average molecular weight is 323 g/mol. The molecule has 2 aromatic carbocycles. The van der Waals surface area contributed by atoms with Crippen LogP contribution < -0.4 is 4.90 Å². The van der Waals surface area contributed by atoms with Crippen LogP contribution in [0.3, 0.4) is 0 Å². The molecule has 6 heteroatoms. The van der Waals surface area contributed by atoms with E-state index in [1.807, 2.05) is 30.3 Å². The number of nitrogens with zero attached hydrogens (tertiary/aromatic N) is 1. The lowest BCUT2D eigenvalue weighted by Gasteiger charge is -2.29. The van der Waals surface area contributed by atoms with Crippen LogP contribution in [0, 0.1) is 0 Å². The summed E-state index contributed by atoms with van der Waals surface area (Å²) in [6, 6.07) is 12.8. The first-order chi connectivity index (χ1) is 10.4. The molecule has 0 aliphatic carbocycles. The maximum atomic E-state index is 12.9. The lowest BCUT2D eigenvalue weighted by molar-refractivity contribution is -0.137. The number of hydrogen-bond donors (Lipinski definition) is 0. The van der Waals surface area contributed by atoms with Crippen molar-refractivity contribution in [3.05, 3.63) is 59.7 Å². The van der Waals surface area contributed by atoms with E-state index < -0.39 is 11.7 Å². The van der Waals surface area contributed by atoms with Crippen LogP contribution in [0.5, 0.6) is 0 Å². The zero-order chi connectivity index (χ0) is 15.7. The smallest absolute Gasteiger partial charge is 0.306 e. The van der Waals surface area contributed by atoms with E-state index in [-0.39, 0.29) is 18.2 Å². The fourth-order valence-electron chi connectivity index (χ4n) is 2.32. The first-order valence-corrected chi connectivity index (χ1v) is 7.62. The van der Waals surface area contributed by atoms with Crippen molar-refractivity contribution in [3.8, 4) is 0 Å². The molecule has 2 nitrogen and oxygen atoms in total. The molecular weight excluding hydrogens is 311 g/mol. The van der Waals surface area contributed by atoms with E-state index in [9.17, 15) is 18.0 Å². The zero-order valence-corrected chi connectivity index (χ0v) is 12.2. The third kappa shape index (κ3) is 2.97. The van der Waals surface area contributed by atoms with E-state index >= 15 is 0 Å². The molecule has 0 unspecified atom stereocenters. The highest BCUT2D eigenvalue weighted by molar-refractivity contribution is 8.00. The molecule has 0 saturated heterocycles. The molecule has 114 valence electrons. The molecule has 0 atom stereocenters. The Hall–Kier alpha value is -1.95. The summed E-state index contributed by atoms with van der Waals surface area (Å²) < 4.78 is 38.7. The van der Waals surface area contributed by atoms with Gasteiger partial charge in [-0.3, -0.25) is 4.79 Å². The molecule has 22 heavy (non-hydrogen) atoms. The van der Waals surface area contributed by atoms with Gasteiger partial charge < -0.3 is 4.90 Å². The van der Waals surface area contributed by atoms with Gasteiger partial charge in [0, 0.05) is 4.90 Å². The monoisotopic (exact) mass is 323 g/mol. The number of fused-ring (bicyclic) bond motifs is 1. The zero-order valence-electron chi connectivity index (χ0n) is 11.4. The second-order valence-electron chi connectivity index (χ2n) is 4.93. The number of carbonyl (C=O) groups is 1. The van der Waals surface area contributed by atoms with Gasteiger partial charge in [0.15, 0.2) is 0 Å². The van der Waals surface area contributed by atoms with Crippen LogP contribution in [-0.4, -0.2) is 11.7 Å². The summed E-state index contributed by atoms with van der Waals surface area (Å²) in [6.45, 7) is 0.272. The Morgan fingerprint density at radius 3 is 2.50 bits per heavy atom. The molecule has 0 N–H and O–H groups in total. The van der Waals surface area contributed by atoms with E-state index in [0.29, 0.717) is 10.6 Å². The van der Waals surface area contributed by atoms with Crippen molar-refractivity contribution in [2.24, 2.45) is 0 Å². The summed E-state index contributed by atoms with van der Waals surface area (Å²) in [5, 5.41) is 0. The van der Waals surface area contributed by atoms with E-state index in [1.165, 1.54) is 22.7 Å². The lowest BCUT2D eigenvalue weighted by atomic mass is 10.1. The Balaban J connectivity index is 2.00. The maximum Gasteiger partial charge on any atom is 0.416 e. The minimum absolute atomic E-state index is 0.180. The number of thioether (sulfide) groups is 1. The van der Waals surface area contributed by atoms with Crippen LogP contribution in [0.25, 0.3) is 0 Å². The predicted molar refractivity (Wildman–Crippen MR) is 79.8 cm³/mol. The van der Waals surface area contributed by atoms with E-state index in [4.69, 9.17) is 0 Å². The highest BCUT2D eigenvalue weighted by Gasteiger charge is 2.33. The second-order valence-corrected chi connectivity index (χ2v) is 5.95. The molecule has 0 spiro atoms. The molecule has 0 fully saturated rings. The van der Waals surface area contributed by atoms with Crippen molar-refractivity contribution in [2.45, 2.75) is 17.6 Å². The number of carbonyl (C=O) groups excluding carboxylic acids is 1. The first-order valence-electron chi connectivity index (χ1n) is 6.63. The largest absolute Gasteiger partial charge is 0.416 e. The van der Waals surface area contributed by atoms with Crippen LogP contribution >= 0.6 is 11.8 Å². The summed E-state index contributed by atoms with van der Waals surface area (Å²) in [5.41, 5.74) is 0.477. The highest BCUT2D eigenvalue weighted by atomic mass is 32.2. The fourth-order valence-corrected chi connectivity index (χ4v) is 3.23. The first kappa shape index (κ1) is 15.0. The molecule has 1 heterocycles. The van der Waals surface area contributed by atoms with Crippen LogP contribution in [-0.2, 0) is 17.5 Å². The van der Waals surface area contributed by atoms with Gasteiger partial charge in [0.2, 0.25) is 5.91 Å². The molecule has 0 bridgehead atoms. The van der Waals surface area contributed by atoms with Crippen LogP contribution in [0.15, 0.2) is 53.4 Å². The van der Waals surface area contributed by atoms with Crippen molar-refractivity contribution < 1.29 is 18.0 Å². The van der Waals surface area contributed by atoms with Gasteiger partial charge in [-0.15, -0.1) is 11.8 Å². The highest BCUT2D eigenvalue weighted by Crippen LogP contribution is 2.40. The van der Waals surface area contributed by atoms with Gasteiger partial charge in [0.05, 0.1) is 23.5 Å². The molecule has 0 radical (unpaired) electrons. The fraction of sp³-hybridized carbons (Fsp3) is 0.188. The number of anilines is 1. The van der Waals surface area contributed by atoms with Crippen molar-refractivity contribution in [1.82, 2.24) is 0 Å². The van der Waals surface area contributed by atoms with Crippen molar-refractivity contribution in [1.29, 1.82) is 0 Å². The van der Waals surface area contributed by atoms with Crippen LogP contribution in [0.2, 0.25) is 0 Å². The molecule has 0 saturated carbocycles. The second kappa shape index (κ2) is 5.68. The number of amides is 1. The third-order valence-electron chi connectivity index (χ3n) is 3.41. The van der Waals surface area contributed by atoms with Crippen molar-refractivity contribution >= 4 is 23.4 Å². The molecular formula is C16H12F3NOS. The summed E-state index contributed by atoms with van der Waals surface area (Å²) in [5.74, 6) is 0.0613. The Labute approximate surface area is 129 Å². The third-order valence-corrected chi connectivity index (χ3v) is 4.46. The lowest BCUT2D eigenvalue weighted by Crippen LogP contribution is -2.35. The predicted octanol–water partition coefficient (Wildman–Crippen LogP) is 4.34. The van der Waals surface area contributed by atoms with Gasteiger partial charge in [-0.05, 0) is 23.8 Å². The summed E-state index contributed by atoms with van der Waals surface area (Å²) in [7, 11) is 0. The standard InChI is InChI=1S/C16H12F3NOS/c17-16(18,19)12-6-7-14-13(8-12)20(15(21)10-22-14)9-11-4-2-1-3-5-11/h1-8H,9-10H2. The van der Waals surface area contributed by atoms with Gasteiger partial charge in [0.1, 0.15) is 0 Å². The topological polar surface area (TPSA) is 20.3 Å². The molecule has 1 amide bonds. The molecule has 3 rings (SSSR count). The van der Waals surface area contributed by atoms with Crippen LogP contribution in [0.4, 0.5) is 18.9 Å². The molecule has 1 aliphatic rings. The normalized spacial score (nSPS) is 14.9. The van der Waals surface area contributed by atoms with Crippen molar-refractivity contribution in [2.75, 3.05) is 10.7 Å². The quantitative estimate of drug-likeness (QED) is 0.819. The number of benzene rings is 2. The van der Waals surface area contributed by atoms with E-state index in [0.717, 1.165) is 17.7 Å². The minimum atomic E-state index is -4.42. The minimum Gasteiger partial charge on any atom is -0.306 e. The number of halogens is 3. The number of hydrogen-bond acceptors (Lipinski definition) is 2. The molecule has 0 aromatic heterocycles. The van der Waals surface area contributed by atoms with Gasteiger partial charge >= 0.3 is 6.18 Å². The molecule has 1 aliphatic heterocycles. The summed E-state index contributed by atoms with van der Waals surface area (Å²) in [6.07, 6.45) is -4.42. The van der Waals surface area contributed by atoms with E-state index in [1.54, 1.807) is 0 Å². The van der Waals surface area contributed by atoms with E-state index in [2.05, 4.69) is 0 Å². The Morgan fingerprint density at radius 1 is 1.09 bits per heavy atom. The van der Waals surface area contributed by atoms with Gasteiger partial charge in [-0.1, -0.05) is 30.3 Å². The summed E-state index contributed by atoms with van der Waals surface area (Å²) in [4.78, 5) is 14.3. The Kier molecular flexibility index (Phi) is 3.87. The van der Waals surface area contributed by atoms with Gasteiger partial charge in [0.25, 0.3) is 0 Å². The van der Waals surface area contributed by atoms with Crippen molar-refractivity contribution in [3.63, 3.8) is 0 Å². The SMILES string of the molecule is O=C1CSc2ccc(C(F)(F)F)cc2N1Cc1ccccc1. The number of alkyl halides is 3. The van der Waals surface area contributed by atoms with Gasteiger partial charge in [-0.2, -0.15) is 13.2 Å². The number of rotatable bonds is 2.